The number of aryl methyl sites for hydroxylation is 1. The van der Waals surface area contributed by atoms with E-state index < -0.39 is 0 Å². The van der Waals surface area contributed by atoms with Gasteiger partial charge in [0.2, 0.25) is 0 Å². The van der Waals surface area contributed by atoms with Gasteiger partial charge in [0.1, 0.15) is 5.52 Å². The Hall–Kier alpha value is -1.30. The summed E-state index contributed by atoms with van der Waals surface area (Å²) < 4.78 is 5.71. The fraction of sp³-hybridized carbons (Fsp3) is 0.529. The second-order valence-electron chi connectivity index (χ2n) is 6.49. The molecule has 2 aromatic rings. The lowest BCUT2D eigenvalue weighted by Gasteiger charge is -2.19. The summed E-state index contributed by atoms with van der Waals surface area (Å²) >= 11 is 0. The molecule has 2 aliphatic rings. The van der Waals surface area contributed by atoms with Crippen LogP contribution in [0, 0.1) is 18.8 Å². The van der Waals surface area contributed by atoms with Gasteiger partial charge in [-0.15, -0.1) is 24.8 Å². The van der Waals surface area contributed by atoms with Gasteiger partial charge in [-0.2, -0.15) is 0 Å². The maximum absolute atomic E-state index is 12.7. The van der Waals surface area contributed by atoms with Crippen LogP contribution in [0.15, 0.2) is 22.6 Å². The van der Waals surface area contributed by atoms with E-state index in [4.69, 9.17) is 4.42 Å². The number of nitrogens with one attached hydrogen (secondary N) is 1. The molecule has 2 aliphatic heterocycles. The molecule has 0 aromatic carbocycles. The third-order valence-corrected chi connectivity index (χ3v) is 5.03. The van der Waals surface area contributed by atoms with Gasteiger partial charge >= 0.3 is 0 Å². The first-order chi connectivity index (χ1) is 10.7. The Bertz CT molecular complexity index is 705. The molecule has 2 saturated heterocycles. The number of nitrogens with zero attached hydrogens (tertiary/aromatic N) is 2. The molecule has 2 aromatic heterocycles. The predicted molar refractivity (Wildman–Crippen MR) is 98.2 cm³/mol. The summed E-state index contributed by atoms with van der Waals surface area (Å²) in [4.78, 5) is 19.1. The number of hydrogen-bond acceptors (Lipinski definition) is 4. The van der Waals surface area contributed by atoms with Crippen molar-refractivity contribution in [2.75, 3.05) is 26.2 Å². The molecule has 2 fully saturated rings. The maximum Gasteiger partial charge on any atom is 0.289 e. The molecule has 0 aliphatic carbocycles. The van der Waals surface area contributed by atoms with E-state index in [1.165, 1.54) is 0 Å². The number of fused-ring (bicyclic) bond motifs is 2. The Morgan fingerprint density at radius 1 is 1.21 bits per heavy atom. The van der Waals surface area contributed by atoms with Crippen LogP contribution in [0.1, 0.15) is 29.1 Å². The third kappa shape index (κ3) is 3.53. The molecular formula is C17H23Cl2N3O2. The van der Waals surface area contributed by atoms with Crippen LogP contribution < -0.4 is 5.32 Å². The number of carbonyl (C=O) groups excluding carboxylic acids is 1. The highest BCUT2D eigenvalue weighted by Crippen LogP contribution is 2.28. The van der Waals surface area contributed by atoms with Crippen LogP contribution in [-0.4, -0.2) is 42.0 Å². The highest BCUT2D eigenvalue weighted by Gasteiger charge is 2.32. The molecule has 1 amide bonds. The van der Waals surface area contributed by atoms with Gasteiger partial charge in [0.25, 0.3) is 5.91 Å². The molecule has 132 valence electrons. The molecule has 1 N–H and O–H groups in total. The van der Waals surface area contributed by atoms with Crippen LogP contribution >= 0.6 is 24.8 Å². The lowest BCUT2D eigenvalue weighted by Crippen LogP contribution is -2.32. The highest BCUT2D eigenvalue weighted by molar-refractivity contribution is 5.95. The van der Waals surface area contributed by atoms with Crippen LogP contribution in [0.2, 0.25) is 0 Å². The van der Waals surface area contributed by atoms with Crippen molar-refractivity contribution in [1.29, 1.82) is 0 Å². The zero-order chi connectivity index (χ0) is 15.1. The minimum Gasteiger partial charge on any atom is -0.449 e. The summed E-state index contributed by atoms with van der Waals surface area (Å²) in [6.45, 7) is 5.78. The van der Waals surface area contributed by atoms with Crippen molar-refractivity contribution in [3.63, 3.8) is 0 Å². The Labute approximate surface area is 154 Å². The van der Waals surface area contributed by atoms with Crippen LogP contribution in [0.25, 0.3) is 11.1 Å². The monoisotopic (exact) mass is 371 g/mol. The molecule has 0 saturated carbocycles. The summed E-state index contributed by atoms with van der Waals surface area (Å²) in [6, 6.07) is 5.56. The molecule has 2 atom stereocenters. The summed E-state index contributed by atoms with van der Waals surface area (Å²) in [5.41, 5.74) is 2.38. The molecule has 7 heteroatoms. The number of likely N-dealkylation sites (tertiary alicyclic amines) is 1. The average Bonchev–Trinajstić information content (AvgIpc) is 3.08. The highest BCUT2D eigenvalue weighted by atomic mass is 35.5. The van der Waals surface area contributed by atoms with Gasteiger partial charge in [-0.25, -0.2) is 4.98 Å². The molecule has 4 rings (SSSR count). The second-order valence-corrected chi connectivity index (χ2v) is 6.49. The van der Waals surface area contributed by atoms with Crippen molar-refractivity contribution in [1.82, 2.24) is 15.2 Å². The van der Waals surface area contributed by atoms with E-state index in [0.717, 1.165) is 62.1 Å². The van der Waals surface area contributed by atoms with Gasteiger partial charge in [-0.05, 0) is 56.8 Å². The number of furan rings is 1. The first-order valence-corrected chi connectivity index (χ1v) is 8.08. The molecule has 4 heterocycles. The summed E-state index contributed by atoms with van der Waals surface area (Å²) in [7, 11) is 0. The molecular weight excluding hydrogens is 349 g/mol. The summed E-state index contributed by atoms with van der Waals surface area (Å²) in [5.74, 6) is 1.86. The van der Waals surface area contributed by atoms with Gasteiger partial charge in [0.15, 0.2) is 11.3 Å². The smallest absolute Gasteiger partial charge is 0.289 e. The Kier molecular flexibility index (Phi) is 6.12. The quantitative estimate of drug-likeness (QED) is 0.836. The number of hydrogen-bond donors (Lipinski definition) is 1. The SMILES string of the molecule is Cc1ccc2oc(C(=O)N3CC[C@@H]4CNC[C@@H]4CC3)cc2n1.Cl.Cl. The number of halogens is 2. The van der Waals surface area contributed by atoms with E-state index in [2.05, 4.69) is 10.3 Å². The van der Waals surface area contributed by atoms with E-state index in [0.29, 0.717) is 11.3 Å². The normalized spacial score (nSPS) is 23.1. The van der Waals surface area contributed by atoms with E-state index in [1.54, 1.807) is 6.07 Å². The first kappa shape index (κ1) is 19.0. The van der Waals surface area contributed by atoms with Crippen molar-refractivity contribution in [3.8, 4) is 0 Å². The molecule has 0 radical (unpaired) electrons. The zero-order valence-electron chi connectivity index (χ0n) is 13.7. The second kappa shape index (κ2) is 7.72. The lowest BCUT2D eigenvalue weighted by molar-refractivity contribution is 0.0729. The van der Waals surface area contributed by atoms with E-state index in [-0.39, 0.29) is 30.7 Å². The molecule has 5 nitrogen and oxygen atoms in total. The lowest BCUT2D eigenvalue weighted by atomic mass is 9.92. The van der Waals surface area contributed by atoms with Gasteiger partial charge in [-0.3, -0.25) is 4.79 Å². The van der Waals surface area contributed by atoms with E-state index in [1.807, 2.05) is 24.0 Å². The maximum atomic E-state index is 12.7. The zero-order valence-corrected chi connectivity index (χ0v) is 15.3. The summed E-state index contributed by atoms with van der Waals surface area (Å²) in [6.07, 6.45) is 2.17. The number of pyridine rings is 1. The fourth-order valence-electron chi connectivity index (χ4n) is 3.71. The molecule has 24 heavy (non-hydrogen) atoms. The minimum absolute atomic E-state index is 0. The fourth-order valence-corrected chi connectivity index (χ4v) is 3.71. The molecule has 0 bridgehead atoms. The first-order valence-electron chi connectivity index (χ1n) is 8.08. The van der Waals surface area contributed by atoms with E-state index >= 15 is 0 Å². The average molecular weight is 372 g/mol. The number of aromatic nitrogens is 1. The predicted octanol–water partition coefficient (Wildman–Crippen LogP) is 3.05. The van der Waals surface area contributed by atoms with Crippen LogP contribution in [0.5, 0.6) is 0 Å². The van der Waals surface area contributed by atoms with Gasteiger partial charge in [-0.1, -0.05) is 0 Å². The van der Waals surface area contributed by atoms with Crippen LogP contribution in [0.3, 0.4) is 0 Å². The third-order valence-electron chi connectivity index (χ3n) is 5.03. The van der Waals surface area contributed by atoms with Crippen molar-refractivity contribution in [3.05, 3.63) is 29.7 Å². The van der Waals surface area contributed by atoms with Gasteiger partial charge < -0.3 is 14.6 Å². The summed E-state index contributed by atoms with van der Waals surface area (Å²) in [5, 5.41) is 3.46. The molecule has 0 unspecified atom stereocenters. The topological polar surface area (TPSA) is 58.4 Å². The van der Waals surface area contributed by atoms with Crippen molar-refractivity contribution >= 4 is 41.8 Å². The largest absolute Gasteiger partial charge is 0.449 e. The van der Waals surface area contributed by atoms with Crippen molar-refractivity contribution in [2.45, 2.75) is 19.8 Å². The Morgan fingerprint density at radius 2 is 1.88 bits per heavy atom. The standard InChI is InChI=1S/C17H21N3O2.2ClH/c1-11-2-3-15-14(19-11)8-16(22-15)17(21)20-6-4-12-9-18-10-13(12)5-7-20;;/h2-3,8,12-13,18H,4-7,9-10H2,1H3;2*1H/t12-,13+;;. The van der Waals surface area contributed by atoms with Gasteiger partial charge in [0.05, 0.1) is 0 Å². The van der Waals surface area contributed by atoms with Crippen LogP contribution in [-0.2, 0) is 0 Å². The van der Waals surface area contributed by atoms with Crippen LogP contribution in [0.4, 0.5) is 0 Å². The van der Waals surface area contributed by atoms with Gasteiger partial charge in [0, 0.05) is 24.8 Å². The number of amides is 1. The van der Waals surface area contributed by atoms with E-state index in [9.17, 15) is 4.79 Å². The van der Waals surface area contributed by atoms with Crippen molar-refractivity contribution in [2.24, 2.45) is 11.8 Å². The number of rotatable bonds is 1. The minimum atomic E-state index is 0. The Balaban J connectivity index is 0.00000104. The van der Waals surface area contributed by atoms with Crippen molar-refractivity contribution < 1.29 is 9.21 Å². The number of carbonyl (C=O) groups is 1. The molecule has 0 spiro atoms. The Morgan fingerprint density at radius 3 is 2.54 bits per heavy atom.